The molecule has 1 aromatic carbocycles. The fraction of sp³-hybridized carbons (Fsp3) is 0.731. The van der Waals surface area contributed by atoms with Gasteiger partial charge in [0, 0.05) is 23.3 Å². The third-order valence-electron chi connectivity index (χ3n) is 9.75. The van der Waals surface area contributed by atoms with E-state index in [0.29, 0.717) is 29.1 Å². The molecule has 7 rings (SSSR count). The zero-order valence-corrected chi connectivity index (χ0v) is 17.5. The van der Waals surface area contributed by atoms with Gasteiger partial charge in [0.05, 0.1) is 6.67 Å². The van der Waals surface area contributed by atoms with Crippen molar-refractivity contribution in [3.05, 3.63) is 35.9 Å². The highest BCUT2D eigenvalue weighted by molar-refractivity contribution is 5.86. The summed E-state index contributed by atoms with van der Waals surface area (Å²) >= 11 is 0. The Balaban J connectivity index is 1.27. The van der Waals surface area contributed by atoms with Crippen LogP contribution in [0.25, 0.3) is 0 Å². The second-order valence-corrected chi connectivity index (χ2v) is 12.1. The monoisotopic (exact) mass is 395 g/mol. The first kappa shape index (κ1) is 18.5. The molecule has 0 aromatic heterocycles. The van der Waals surface area contributed by atoms with E-state index in [4.69, 9.17) is 5.73 Å². The van der Waals surface area contributed by atoms with Crippen molar-refractivity contribution in [1.82, 2.24) is 0 Å². The van der Waals surface area contributed by atoms with E-state index in [1.54, 1.807) is 0 Å². The Hall–Kier alpha value is -1.22. The minimum absolute atomic E-state index is 0.0179. The molecule has 4 bridgehead atoms. The lowest BCUT2D eigenvalue weighted by atomic mass is 9.37. The van der Waals surface area contributed by atoms with Gasteiger partial charge in [0.25, 0.3) is 0 Å². The van der Waals surface area contributed by atoms with Crippen LogP contribution in [0, 0.1) is 28.1 Å². The number of rotatable bonds is 5. The van der Waals surface area contributed by atoms with Gasteiger partial charge < -0.3 is 5.73 Å². The number of carbonyl (C=O) groups excluding carboxylic acids is 1. The predicted molar refractivity (Wildman–Crippen MR) is 112 cm³/mol. The van der Waals surface area contributed by atoms with Crippen LogP contribution in [0.5, 0.6) is 0 Å². The molecule has 0 amide bonds. The van der Waals surface area contributed by atoms with Crippen LogP contribution in [-0.2, 0) is 10.2 Å². The Labute approximate surface area is 173 Å². The van der Waals surface area contributed by atoms with Crippen LogP contribution in [-0.4, -0.2) is 18.5 Å². The number of ketones is 1. The van der Waals surface area contributed by atoms with Gasteiger partial charge in [-0.2, -0.15) is 0 Å². The number of halogens is 1. The fourth-order valence-corrected chi connectivity index (χ4v) is 9.39. The Morgan fingerprint density at radius 1 is 0.966 bits per heavy atom. The highest BCUT2D eigenvalue weighted by Crippen LogP contribution is 2.71. The first-order valence-electron chi connectivity index (χ1n) is 11.8. The van der Waals surface area contributed by atoms with Crippen molar-refractivity contribution in [3.63, 3.8) is 0 Å². The maximum Gasteiger partial charge on any atom is 0.139 e. The largest absolute Gasteiger partial charge is 0.328 e. The standard InChI is InChI=1S/C26H34FNO/c27-17-24-9-19-10-25(14-24,20-4-2-1-3-5-20)16-26(11-19,15-24)22(29)6-18-7-23(8-18)12-21(28)13-23/h1-5,18-19,21H,6-17,28H2/t18?,19?,21?,23?,24-,25+,26?/m0/s1. The van der Waals surface area contributed by atoms with E-state index in [1.807, 2.05) is 0 Å². The topological polar surface area (TPSA) is 43.1 Å². The quantitative estimate of drug-likeness (QED) is 0.731. The van der Waals surface area contributed by atoms with E-state index in [2.05, 4.69) is 30.3 Å². The van der Waals surface area contributed by atoms with Gasteiger partial charge in [0.15, 0.2) is 0 Å². The molecule has 2 unspecified atom stereocenters. The smallest absolute Gasteiger partial charge is 0.139 e. The Morgan fingerprint density at radius 3 is 2.41 bits per heavy atom. The normalized spacial score (nSPS) is 49.7. The molecular weight excluding hydrogens is 361 g/mol. The lowest BCUT2D eigenvalue weighted by Crippen LogP contribution is -2.62. The lowest BCUT2D eigenvalue weighted by Gasteiger charge is -2.66. The third kappa shape index (κ3) is 2.65. The zero-order valence-electron chi connectivity index (χ0n) is 17.5. The molecule has 4 atom stereocenters. The first-order valence-corrected chi connectivity index (χ1v) is 11.8. The Bertz CT molecular complexity index is 824. The summed E-state index contributed by atoms with van der Waals surface area (Å²) in [6.45, 7) is -0.252. The van der Waals surface area contributed by atoms with Gasteiger partial charge in [-0.1, -0.05) is 30.3 Å². The summed E-state index contributed by atoms with van der Waals surface area (Å²) in [5.74, 6) is 1.55. The highest BCUT2D eigenvalue weighted by atomic mass is 19.1. The average molecular weight is 396 g/mol. The van der Waals surface area contributed by atoms with Gasteiger partial charge in [-0.25, -0.2) is 0 Å². The third-order valence-corrected chi connectivity index (χ3v) is 9.75. The summed E-state index contributed by atoms with van der Waals surface area (Å²) in [6.07, 6.45) is 11.3. The molecule has 3 heteroatoms. The van der Waals surface area contributed by atoms with E-state index < -0.39 is 0 Å². The van der Waals surface area contributed by atoms with Gasteiger partial charge in [0.1, 0.15) is 5.78 Å². The van der Waals surface area contributed by atoms with E-state index >= 15 is 0 Å². The van der Waals surface area contributed by atoms with Gasteiger partial charge in [-0.15, -0.1) is 0 Å². The number of Topliss-reactive ketones (excluding diaryl/α,β-unsaturated/α-hetero) is 1. The van der Waals surface area contributed by atoms with Gasteiger partial charge in [0.2, 0.25) is 0 Å². The van der Waals surface area contributed by atoms with Crippen LogP contribution in [0.4, 0.5) is 4.39 Å². The van der Waals surface area contributed by atoms with Crippen molar-refractivity contribution in [3.8, 4) is 0 Å². The molecule has 29 heavy (non-hydrogen) atoms. The van der Waals surface area contributed by atoms with Crippen LogP contribution >= 0.6 is 0 Å². The Morgan fingerprint density at radius 2 is 1.72 bits per heavy atom. The number of hydrogen-bond donors (Lipinski definition) is 1. The molecule has 0 heterocycles. The van der Waals surface area contributed by atoms with E-state index in [-0.39, 0.29) is 22.9 Å². The number of alkyl halides is 1. The second kappa shape index (κ2) is 5.93. The van der Waals surface area contributed by atoms with Gasteiger partial charge in [-0.3, -0.25) is 9.18 Å². The fourth-order valence-electron chi connectivity index (χ4n) is 9.39. The van der Waals surface area contributed by atoms with Crippen molar-refractivity contribution in [2.24, 2.45) is 33.8 Å². The summed E-state index contributed by atoms with van der Waals surface area (Å²) < 4.78 is 14.5. The van der Waals surface area contributed by atoms with Gasteiger partial charge in [-0.05, 0) is 92.4 Å². The summed E-state index contributed by atoms with van der Waals surface area (Å²) in [4.78, 5) is 13.8. The van der Waals surface area contributed by atoms with Crippen LogP contribution in [0.1, 0.15) is 76.2 Å². The molecular formula is C26H34FNO. The van der Waals surface area contributed by atoms with Crippen LogP contribution < -0.4 is 5.73 Å². The minimum Gasteiger partial charge on any atom is -0.328 e. The van der Waals surface area contributed by atoms with Crippen molar-refractivity contribution >= 4 is 5.78 Å². The molecule has 6 aliphatic rings. The van der Waals surface area contributed by atoms with Gasteiger partial charge >= 0.3 is 0 Å². The summed E-state index contributed by atoms with van der Waals surface area (Å²) in [5, 5.41) is 0. The lowest BCUT2D eigenvalue weighted by molar-refractivity contribution is -0.166. The van der Waals surface area contributed by atoms with Crippen molar-refractivity contribution in [1.29, 1.82) is 0 Å². The average Bonchev–Trinajstić information content (AvgIpc) is 2.65. The molecule has 2 nitrogen and oxygen atoms in total. The van der Waals surface area contributed by atoms with Crippen molar-refractivity contribution < 1.29 is 9.18 Å². The summed E-state index contributed by atoms with van der Waals surface area (Å²) in [5.41, 5.74) is 7.34. The van der Waals surface area contributed by atoms with Crippen LogP contribution in [0.2, 0.25) is 0 Å². The van der Waals surface area contributed by atoms with Crippen LogP contribution in [0.15, 0.2) is 30.3 Å². The van der Waals surface area contributed by atoms with E-state index in [9.17, 15) is 9.18 Å². The second-order valence-electron chi connectivity index (χ2n) is 12.1. The summed E-state index contributed by atoms with van der Waals surface area (Å²) in [6, 6.07) is 11.1. The predicted octanol–water partition coefficient (Wildman–Crippen LogP) is 5.34. The summed E-state index contributed by atoms with van der Waals surface area (Å²) in [7, 11) is 0. The zero-order chi connectivity index (χ0) is 19.9. The SMILES string of the molecule is NC1CC2(C1)CC(CC(=O)C13CC4C[C@@](CF)(C1)C[C@](c1ccccc1)(C4)C3)C2. The maximum atomic E-state index is 14.5. The number of benzene rings is 1. The number of hydrogen-bond acceptors (Lipinski definition) is 2. The highest BCUT2D eigenvalue weighted by Gasteiger charge is 2.66. The first-order chi connectivity index (χ1) is 13.9. The number of carbonyl (C=O) groups is 1. The molecule has 0 saturated heterocycles. The molecule has 2 N–H and O–H groups in total. The Kier molecular flexibility index (Phi) is 3.79. The van der Waals surface area contributed by atoms with Crippen molar-refractivity contribution in [2.75, 3.05) is 6.67 Å². The molecule has 6 fully saturated rings. The minimum atomic E-state index is -0.264. The molecule has 6 aliphatic carbocycles. The van der Waals surface area contributed by atoms with Crippen molar-refractivity contribution in [2.45, 2.75) is 82.1 Å². The number of nitrogens with two attached hydrogens (primary N) is 1. The molecule has 1 aromatic rings. The molecule has 0 aliphatic heterocycles. The van der Waals surface area contributed by atoms with Crippen LogP contribution in [0.3, 0.4) is 0 Å². The molecule has 156 valence electrons. The maximum absolute atomic E-state index is 14.5. The van der Waals surface area contributed by atoms with E-state index in [0.717, 1.165) is 57.8 Å². The molecule has 1 spiro atoms. The molecule has 6 saturated carbocycles. The van der Waals surface area contributed by atoms with E-state index in [1.165, 1.54) is 18.4 Å². The molecule has 0 radical (unpaired) electrons.